The Bertz CT molecular complexity index is 1160. The van der Waals surface area contributed by atoms with Gasteiger partial charge in [-0.2, -0.15) is 0 Å². The lowest BCUT2D eigenvalue weighted by Gasteiger charge is -2.18. The highest BCUT2D eigenvalue weighted by atomic mass is 16.5. The fourth-order valence-electron chi connectivity index (χ4n) is 4.67. The van der Waals surface area contributed by atoms with Gasteiger partial charge in [-0.15, -0.1) is 0 Å². The van der Waals surface area contributed by atoms with Crippen molar-refractivity contribution in [3.05, 3.63) is 70.4 Å². The first kappa shape index (κ1) is 22.6. The number of nitrogens with zero attached hydrogens (tertiary/aromatic N) is 1. The zero-order valence-electron chi connectivity index (χ0n) is 19.5. The van der Waals surface area contributed by atoms with Crippen LogP contribution in [0.3, 0.4) is 0 Å². The lowest BCUT2D eigenvalue weighted by Crippen LogP contribution is -2.04. The van der Waals surface area contributed by atoms with Crippen LogP contribution in [0.25, 0.3) is 11.1 Å². The van der Waals surface area contributed by atoms with Crippen LogP contribution in [0.4, 0.5) is 0 Å². The van der Waals surface area contributed by atoms with Crippen LogP contribution in [0.2, 0.25) is 0 Å². The number of rotatable bonds is 4. The molecule has 2 aromatic carbocycles. The third-order valence-corrected chi connectivity index (χ3v) is 6.01. The van der Waals surface area contributed by atoms with Crippen LogP contribution in [-0.2, 0) is 17.6 Å². The summed E-state index contributed by atoms with van der Waals surface area (Å²) in [6, 6.07) is 14.8. The predicted octanol–water partition coefficient (Wildman–Crippen LogP) is 5.47. The number of hydrogen-bond donors (Lipinski definition) is 1. The molecule has 0 saturated carbocycles. The number of aliphatic carboxylic acids is 1. The SMILES string of the molecule is CC(=O)O.COc1cc(C)c(-c2cccc3c2CCC3Oc2ccc3c(c2)OCC3)c(C)n1. The number of aryl methyl sites for hydroxylation is 2. The standard InChI is InChI=1S/C25H25NO3.C2H4O2/c1-15-13-24(27-3)26-16(2)25(15)21-6-4-5-20-19(21)9-10-22(20)29-18-8-7-17-11-12-28-23(17)14-18;1-2(3)4/h4-8,13-14,22H,9-12H2,1-3H3;1H3,(H,3,4). The largest absolute Gasteiger partial charge is 0.493 e. The van der Waals surface area contributed by atoms with Crippen LogP contribution < -0.4 is 14.2 Å². The first-order valence-electron chi connectivity index (χ1n) is 11.1. The smallest absolute Gasteiger partial charge is 0.300 e. The zero-order chi connectivity index (χ0) is 23.5. The predicted molar refractivity (Wildman–Crippen MR) is 126 cm³/mol. The summed E-state index contributed by atoms with van der Waals surface area (Å²) in [4.78, 5) is 13.6. The molecular weight excluding hydrogens is 418 g/mol. The summed E-state index contributed by atoms with van der Waals surface area (Å²) in [5.41, 5.74) is 8.56. The number of carbonyl (C=O) groups is 1. The van der Waals surface area contributed by atoms with Gasteiger partial charge in [-0.1, -0.05) is 24.3 Å². The Labute approximate surface area is 194 Å². The number of carboxylic acid groups (broad SMARTS) is 1. The second-order valence-corrected chi connectivity index (χ2v) is 8.35. The second-order valence-electron chi connectivity index (χ2n) is 8.35. The van der Waals surface area contributed by atoms with E-state index in [9.17, 15) is 0 Å². The van der Waals surface area contributed by atoms with Crippen molar-refractivity contribution in [1.29, 1.82) is 0 Å². The van der Waals surface area contributed by atoms with E-state index in [0.717, 1.165) is 50.0 Å². The molecule has 1 atom stereocenters. The fraction of sp³-hybridized carbons (Fsp3) is 0.333. The molecular formula is C27H29NO5. The van der Waals surface area contributed by atoms with Crippen molar-refractivity contribution in [1.82, 2.24) is 4.98 Å². The second kappa shape index (κ2) is 9.53. The number of ether oxygens (including phenoxy) is 3. The summed E-state index contributed by atoms with van der Waals surface area (Å²) in [7, 11) is 1.66. The number of methoxy groups -OCH3 is 1. The molecule has 6 nitrogen and oxygen atoms in total. The van der Waals surface area contributed by atoms with Crippen LogP contribution in [0, 0.1) is 13.8 Å². The molecule has 5 rings (SSSR count). The van der Waals surface area contributed by atoms with Crippen molar-refractivity contribution < 1.29 is 24.1 Å². The van der Waals surface area contributed by atoms with Crippen LogP contribution in [-0.4, -0.2) is 29.8 Å². The van der Waals surface area contributed by atoms with Gasteiger partial charge >= 0.3 is 0 Å². The molecule has 0 spiro atoms. The lowest BCUT2D eigenvalue weighted by molar-refractivity contribution is -0.134. The minimum absolute atomic E-state index is 0.0659. The highest BCUT2D eigenvalue weighted by Crippen LogP contribution is 2.42. The summed E-state index contributed by atoms with van der Waals surface area (Å²) in [6.07, 6.45) is 3.03. The van der Waals surface area contributed by atoms with Gasteiger partial charge in [-0.25, -0.2) is 4.98 Å². The van der Waals surface area contributed by atoms with Crippen molar-refractivity contribution in [2.45, 2.75) is 46.1 Å². The van der Waals surface area contributed by atoms with E-state index in [2.05, 4.69) is 49.2 Å². The molecule has 0 bridgehead atoms. The van der Waals surface area contributed by atoms with Gasteiger partial charge in [0.25, 0.3) is 5.97 Å². The normalized spacial score (nSPS) is 15.6. The minimum atomic E-state index is -0.833. The zero-order valence-corrected chi connectivity index (χ0v) is 19.5. The molecule has 1 unspecified atom stereocenters. The molecule has 3 aromatic rings. The van der Waals surface area contributed by atoms with Gasteiger partial charge < -0.3 is 19.3 Å². The molecule has 1 aliphatic heterocycles. The van der Waals surface area contributed by atoms with Crippen molar-refractivity contribution in [2.75, 3.05) is 13.7 Å². The van der Waals surface area contributed by atoms with Gasteiger partial charge in [0.1, 0.15) is 17.6 Å². The van der Waals surface area contributed by atoms with Gasteiger partial charge in [0, 0.05) is 36.7 Å². The van der Waals surface area contributed by atoms with E-state index in [-0.39, 0.29) is 6.10 Å². The molecule has 0 saturated heterocycles. The maximum absolute atomic E-state index is 9.00. The summed E-state index contributed by atoms with van der Waals surface area (Å²) >= 11 is 0. The Morgan fingerprint density at radius 3 is 2.67 bits per heavy atom. The topological polar surface area (TPSA) is 77.9 Å². The van der Waals surface area contributed by atoms with E-state index in [0.29, 0.717) is 5.88 Å². The third kappa shape index (κ3) is 4.80. The summed E-state index contributed by atoms with van der Waals surface area (Å²) in [5.74, 6) is 1.67. The van der Waals surface area contributed by atoms with E-state index in [1.54, 1.807) is 7.11 Å². The van der Waals surface area contributed by atoms with Crippen LogP contribution in [0.15, 0.2) is 42.5 Å². The van der Waals surface area contributed by atoms with Gasteiger partial charge in [0.05, 0.1) is 13.7 Å². The van der Waals surface area contributed by atoms with Crippen molar-refractivity contribution in [3.8, 4) is 28.5 Å². The number of aromatic nitrogens is 1. The Morgan fingerprint density at radius 1 is 1.15 bits per heavy atom. The Hall–Kier alpha value is -3.54. The maximum Gasteiger partial charge on any atom is 0.300 e. The van der Waals surface area contributed by atoms with Crippen molar-refractivity contribution in [2.24, 2.45) is 0 Å². The first-order chi connectivity index (χ1) is 15.9. The molecule has 2 aliphatic rings. The van der Waals surface area contributed by atoms with Gasteiger partial charge in [-0.05, 0) is 60.6 Å². The van der Waals surface area contributed by atoms with Crippen LogP contribution in [0.1, 0.15) is 47.4 Å². The lowest BCUT2D eigenvalue weighted by atomic mass is 9.93. The fourth-order valence-corrected chi connectivity index (χ4v) is 4.67. The quantitative estimate of drug-likeness (QED) is 0.572. The Balaban J connectivity index is 0.000000601. The van der Waals surface area contributed by atoms with Crippen molar-refractivity contribution in [3.63, 3.8) is 0 Å². The average molecular weight is 448 g/mol. The molecule has 1 aromatic heterocycles. The Kier molecular flexibility index (Phi) is 6.54. The van der Waals surface area contributed by atoms with E-state index in [4.69, 9.17) is 24.1 Å². The van der Waals surface area contributed by atoms with Crippen molar-refractivity contribution >= 4 is 5.97 Å². The summed E-state index contributed by atoms with van der Waals surface area (Å²) in [5, 5.41) is 7.42. The number of carboxylic acids is 1. The maximum atomic E-state index is 9.00. The van der Waals surface area contributed by atoms with Gasteiger partial charge in [-0.3, -0.25) is 4.79 Å². The van der Waals surface area contributed by atoms with Gasteiger partial charge in [0.2, 0.25) is 5.88 Å². The van der Waals surface area contributed by atoms with E-state index in [1.165, 1.54) is 33.4 Å². The third-order valence-electron chi connectivity index (χ3n) is 6.01. The number of fused-ring (bicyclic) bond motifs is 2. The minimum Gasteiger partial charge on any atom is -0.493 e. The highest BCUT2D eigenvalue weighted by Gasteiger charge is 2.28. The number of hydrogen-bond acceptors (Lipinski definition) is 5. The molecule has 2 heterocycles. The Morgan fingerprint density at radius 2 is 1.94 bits per heavy atom. The number of pyridine rings is 1. The van der Waals surface area contributed by atoms with Crippen LogP contribution in [0.5, 0.6) is 17.4 Å². The molecule has 1 aliphatic carbocycles. The molecule has 33 heavy (non-hydrogen) atoms. The summed E-state index contributed by atoms with van der Waals surface area (Å²) in [6.45, 7) is 6.03. The first-order valence-corrected chi connectivity index (χ1v) is 11.1. The van der Waals surface area contributed by atoms with Gasteiger partial charge in [0.15, 0.2) is 0 Å². The molecule has 1 N–H and O–H groups in total. The molecule has 172 valence electrons. The summed E-state index contributed by atoms with van der Waals surface area (Å²) < 4.78 is 17.4. The van der Waals surface area contributed by atoms with Crippen LogP contribution >= 0.6 is 0 Å². The number of benzene rings is 2. The van der Waals surface area contributed by atoms with E-state index < -0.39 is 5.97 Å². The monoisotopic (exact) mass is 447 g/mol. The highest BCUT2D eigenvalue weighted by molar-refractivity contribution is 5.75. The molecule has 6 heteroatoms. The van der Waals surface area contributed by atoms with E-state index in [1.807, 2.05) is 12.1 Å². The molecule has 0 radical (unpaired) electrons. The molecule has 0 fully saturated rings. The molecule has 0 amide bonds. The average Bonchev–Trinajstić information content (AvgIpc) is 3.40. The van der Waals surface area contributed by atoms with E-state index >= 15 is 0 Å².